The number of carbonyl (C=O) groups is 1. The number of carbonyl (C=O) groups excluding carboxylic acids is 1. The fourth-order valence-corrected chi connectivity index (χ4v) is 4.99. The van der Waals surface area contributed by atoms with Gasteiger partial charge in [-0.05, 0) is 46.6 Å². The van der Waals surface area contributed by atoms with Gasteiger partial charge in [0.05, 0.1) is 17.4 Å². The third-order valence-electron chi connectivity index (χ3n) is 4.69. The first-order valence-corrected chi connectivity index (χ1v) is 9.59. The smallest absolute Gasteiger partial charge is 0.244 e. The predicted molar refractivity (Wildman–Crippen MR) is 90.8 cm³/mol. The van der Waals surface area contributed by atoms with E-state index in [2.05, 4.69) is 9.82 Å². The van der Waals surface area contributed by atoms with Crippen LogP contribution in [0.25, 0.3) is 0 Å². The second kappa shape index (κ2) is 6.81. The number of hydrogen-bond donors (Lipinski definition) is 2. The molecule has 3 unspecified atom stereocenters. The number of amides is 1. The van der Waals surface area contributed by atoms with E-state index in [-0.39, 0.29) is 22.8 Å². The Labute approximate surface area is 143 Å². The maximum atomic E-state index is 12.7. The summed E-state index contributed by atoms with van der Waals surface area (Å²) in [6.45, 7) is 7.97. The lowest BCUT2D eigenvalue weighted by molar-refractivity contribution is -0.133. The zero-order valence-corrected chi connectivity index (χ0v) is 15.7. The van der Waals surface area contributed by atoms with Crippen LogP contribution in [0.4, 0.5) is 0 Å². The van der Waals surface area contributed by atoms with Gasteiger partial charge < -0.3 is 10.6 Å². The van der Waals surface area contributed by atoms with Gasteiger partial charge >= 0.3 is 0 Å². The summed E-state index contributed by atoms with van der Waals surface area (Å²) < 4.78 is 29.3. The van der Waals surface area contributed by atoms with E-state index in [1.807, 2.05) is 6.92 Å². The van der Waals surface area contributed by atoms with Gasteiger partial charge in [-0.2, -0.15) is 9.82 Å². The summed E-state index contributed by atoms with van der Waals surface area (Å²) in [5.74, 6) is 0.0526. The molecule has 1 saturated heterocycles. The van der Waals surface area contributed by atoms with Crippen molar-refractivity contribution in [2.24, 2.45) is 18.7 Å². The molecular formula is C15H27N5O3S. The van der Waals surface area contributed by atoms with Gasteiger partial charge in [0.15, 0.2) is 0 Å². The number of aryl methyl sites for hydroxylation is 2. The second-order valence-electron chi connectivity index (χ2n) is 6.64. The molecule has 2 rings (SSSR count). The van der Waals surface area contributed by atoms with Crippen molar-refractivity contribution in [3.05, 3.63) is 11.4 Å². The summed E-state index contributed by atoms with van der Waals surface area (Å²) in [5.41, 5.74) is 6.64. The van der Waals surface area contributed by atoms with Gasteiger partial charge in [0.1, 0.15) is 4.90 Å². The molecule has 0 aromatic carbocycles. The van der Waals surface area contributed by atoms with Crippen LogP contribution in [0, 0.1) is 19.8 Å². The summed E-state index contributed by atoms with van der Waals surface area (Å²) >= 11 is 0. The van der Waals surface area contributed by atoms with E-state index < -0.39 is 16.1 Å². The van der Waals surface area contributed by atoms with Crippen LogP contribution >= 0.6 is 0 Å². The zero-order chi connectivity index (χ0) is 18.2. The van der Waals surface area contributed by atoms with E-state index in [1.54, 1.807) is 32.7 Å². The van der Waals surface area contributed by atoms with Crippen molar-refractivity contribution >= 4 is 15.9 Å². The van der Waals surface area contributed by atoms with Gasteiger partial charge in [-0.1, -0.05) is 0 Å². The number of rotatable bonds is 5. The first kappa shape index (κ1) is 18.9. The van der Waals surface area contributed by atoms with E-state index in [0.29, 0.717) is 24.5 Å². The topological polar surface area (TPSA) is 110 Å². The molecule has 3 N–H and O–H groups in total. The highest BCUT2D eigenvalue weighted by atomic mass is 32.2. The van der Waals surface area contributed by atoms with Crippen LogP contribution < -0.4 is 10.5 Å². The molecule has 1 aromatic heterocycles. The number of aromatic nitrogens is 2. The van der Waals surface area contributed by atoms with Crippen LogP contribution in [-0.4, -0.2) is 54.2 Å². The Bertz CT molecular complexity index is 728. The van der Waals surface area contributed by atoms with E-state index in [1.165, 1.54) is 4.68 Å². The second-order valence-corrected chi connectivity index (χ2v) is 8.29. The first-order valence-electron chi connectivity index (χ1n) is 8.11. The largest absolute Gasteiger partial charge is 0.338 e. The Morgan fingerprint density at radius 3 is 2.54 bits per heavy atom. The molecule has 0 bridgehead atoms. The molecule has 136 valence electrons. The average Bonchev–Trinajstić information content (AvgIpc) is 2.97. The third kappa shape index (κ3) is 3.47. The Hall–Kier alpha value is -1.45. The molecule has 9 heteroatoms. The van der Waals surface area contributed by atoms with Crippen molar-refractivity contribution in [1.82, 2.24) is 19.4 Å². The van der Waals surface area contributed by atoms with Crippen molar-refractivity contribution in [2.45, 2.75) is 51.1 Å². The summed E-state index contributed by atoms with van der Waals surface area (Å²) in [5, 5.41) is 4.13. The van der Waals surface area contributed by atoms with Gasteiger partial charge in [0, 0.05) is 19.6 Å². The van der Waals surface area contributed by atoms with E-state index in [0.717, 1.165) is 6.42 Å². The Kier molecular flexibility index (Phi) is 5.36. The van der Waals surface area contributed by atoms with Crippen molar-refractivity contribution in [2.75, 3.05) is 13.1 Å². The van der Waals surface area contributed by atoms with Gasteiger partial charge in [0.25, 0.3) is 0 Å². The highest BCUT2D eigenvalue weighted by Crippen LogP contribution is 2.24. The SMILES string of the molecule is Cc1nn(C)c(C)c1S(=O)(=O)NC(C)C(=O)N1CC(CN)CC1C. The fourth-order valence-electron chi connectivity index (χ4n) is 3.35. The highest BCUT2D eigenvalue weighted by molar-refractivity contribution is 7.89. The Morgan fingerprint density at radius 2 is 2.08 bits per heavy atom. The predicted octanol–water partition coefficient (Wildman–Crippen LogP) is -0.101. The number of sulfonamides is 1. The molecule has 8 nitrogen and oxygen atoms in total. The fraction of sp³-hybridized carbons (Fsp3) is 0.733. The van der Waals surface area contributed by atoms with Gasteiger partial charge in [-0.15, -0.1) is 0 Å². The van der Waals surface area contributed by atoms with Crippen molar-refractivity contribution in [1.29, 1.82) is 0 Å². The van der Waals surface area contributed by atoms with E-state index in [4.69, 9.17) is 5.73 Å². The first-order chi connectivity index (χ1) is 11.1. The van der Waals surface area contributed by atoms with E-state index in [9.17, 15) is 13.2 Å². The summed E-state index contributed by atoms with van der Waals surface area (Å²) in [7, 11) is -2.13. The Morgan fingerprint density at radius 1 is 1.46 bits per heavy atom. The van der Waals surface area contributed by atoms with Crippen LogP contribution in [-0.2, 0) is 21.9 Å². The molecule has 3 atom stereocenters. The highest BCUT2D eigenvalue weighted by Gasteiger charge is 2.35. The molecule has 1 aliphatic rings. The molecule has 1 amide bonds. The van der Waals surface area contributed by atoms with Crippen LogP contribution in [0.5, 0.6) is 0 Å². The minimum Gasteiger partial charge on any atom is -0.338 e. The molecule has 2 heterocycles. The van der Waals surface area contributed by atoms with Crippen LogP contribution in [0.15, 0.2) is 4.90 Å². The number of likely N-dealkylation sites (tertiary alicyclic amines) is 1. The van der Waals surface area contributed by atoms with Gasteiger partial charge in [-0.25, -0.2) is 8.42 Å². The van der Waals surface area contributed by atoms with Crippen LogP contribution in [0.3, 0.4) is 0 Å². The van der Waals surface area contributed by atoms with Crippen molar-refractivity contribution < 1.29 is 13.2 Å². The number of nitrogens with one attached hydrogen (secondary N) is 1. The monoisotopic (exact) mass is 357 g/mol. The lowest BCUT2D eigenvalue weighted by Crippen LogP contribution is -2.48. The molecular weight excluding hydrogens is 330 g/mol. The zero-order valence-electron chi connectivity index (χ0n) is 14.9. The normalized spacial score (nSPS) is 22.8. The summed E-state index contributed by atoms with van der Waals surface area (Å²) in [6.07, 6.45) is 0.850. The molecule has 1 aliphatic heterocycles. The van der Waals surface area contributed by atoms with Crippen molar-refractivity contribution in [3.63, 3.8) is 0 Å². The molecule has 0 radical (unpaired) electrons. The molecule has 0 spiro atoms. The van der Waals surface area contributed by atoms with Crippen molar-refractivity contribution in [3.8, 4) is 0 Å². The number of nitrogens with two attached hydrogens (primary N) is 1. The molecule has 1 aromatic rings. The number of hydrogen-bond acceptors (Lipinski definition) is 5. The maximum Gasteiger partial charge on any atom is 0.244 e. The lowest BCUT2D eigenvalue weighted by Gasteiger charge is -2.25. The third-order valence-corrected chi connectivity index (χ3v) is 6.48. The van der Waals surface area contributed by atoms with Crippen LogP contribution in [0.1, 0.15) is 31.7 Å². The lowest BCUT2D eigenvalue weighted by atomic mass is 10.1. The van der Waals surface area contributed by atoms with Crippen LogP contribution in [0.2, 0.25) is 0 Å². The Balaban J connectivity index is 2.16. The molecule has 24 heavy (non-hydrogen) atoms. The molecule has 0 aliphatic carbocycles. The van der Waals surface area contributed by atoms with Gasteiger partial charge in [0.2, 0.25) is 15.9 Å². The number of nitrogens with zero attached hydrogens (tertiary/aromatic N) is 3. The minimum absolute atomic E-state index is 0.0693. The quantitative estimate of drug-likeness (QED) is 0.764. The average molecular weight is 357 g/mol. The minimum atomic E-state index is -3.82. The van der Waals surface area contributed by atoms with Gasteiger partial charge in [-0.3, -0.25) is 9.48 Å². The summed E-state index contributed by atoms with van der Waals surface area (Å²) in [6, 6.07) is -0.771. The standard InChI is InChI=1S/C15H27N5O3S/c1-9-6-13(7-16)8-20(9)15(21)11(3)18-24(22,23)14-10(2)17-19(5)12(14)4/h9,11,13,18H,6-8,16H2,1-5H3. The summed E-state index contributed by atoms with van der Waals surface area (Å²) in [4.78, 5) is 14.5. The maximum absolute atomic E-state index is 12.7. The van der Waals surface area contributed by atoms with E-state index >= 15 is 0 Å². The molecule has 0 saturated carbocycles. The molecule has 1 fully saturated rings.